The fraction of sp³-hybridized carbons (Fsp3) is 0.375. The van der Waals surface area contributed by atoms with E-state index >= 15 is 0 Å². The molecule has 0 aliphatic heterocycles. The molecule has 0 unspecified atom stereocenters. The van der Waals surface area contributed by atoms with Crippen molar-refractivity contribution in [3.63, 3.8) is 0 Å². The van der Waals surface area contributed by atoms with Gasteiger partial charge in [0.2, 0.25) is 0 Å². The number of aromatic nitrogens is 2. The molecule has 1 heterocycles. The second kappa shape index (κ2) is 5.23. The number of hydrogen-bond donors (Lipinski definition) is 2. The molecule has 0 amide bonds. The molecule has 1 aromatic heterocycles. The molecule has 12 heavy (non-hydrogen) atoms. The predicted octanol–water partition coefficient (Wildman–Crippen LogP) is 1.39. The molecule has 0 aromatic carbocycles. The minimum absolute atomic E-state index is 0.479. The fourth-order valence-corrected chi connectivity index (χ4v) is 0.617. The van der Waals surface area contributed by atoms with Gasteiger partial charge in [-0.25, -0.2) is 9.97 Å². The van der Waals surface area contributed by atoms with Crippen molar-refractivity contribution >= 4 is 11.9 Å². The summed E-state index contributed by atoms with van der Waals surface area (Å²) < 4.78 is 0. The maximum Gasteiger partial charge on any atom is 0.116 e. The second-order valence-electron chi connectivity index (χ2n) is 1.90. The Morgan fingerprint density at radius 1 is 1.42 bits per heavy atom. The third-order valence-electron chi connectivity index (χ3n) is 1.25. The quantitative estimate of drug-likeness (QED) is 0.619. The lowest BCUT2D eigenvalue weighted by Gasteiger charge is -1.98. The minimum Gasteiger partial charge on any atom is -0.395 e. The van der Waals surface area contributed by atoms with E-state index in [0.29, 0.717) is 17.1 Å². The zero-order valence-corrected chi connectivity index (χ0v) is 7.63. The van der Waals surface area contributed by atoms with Crippen LogP contribution in [0.5, 0.6) is 0 Å². The van der Waals surface area contributed by atoms with Crippen molar-refractivity contribution in [3.05, 3.63) is 17.7 Å². The summed E-state index contributed by atoms with van der Waals surface area (Å²) in [6.07, 6.45) is 2.51. The van der Waals surface area contributed by atoms with Crippen LogP contribution in [0.15, 0.2) is 6.33 Å². The van der Waals surface area contributed by atoms with E-state index in [2.05, 4.69) is 9.97 Å². The van der Waals surface area contributed by atoms with Crippen molar-refractivity contribution in [2.45, 2.75) is 20.8 Å². The Morgan fingerprint density at radius 2 is 2.00 bits per heavy atom. The van der Waals surface area contributed by atoms with Crippen LogP contribution >= 0.6 is 0 Å². The average Bonchev–Trinajstić information content (AvgIpc) is 2.13. The Labute approximate surface area is 72.4 Å². The van der Waals surface area contributed by atoms with Crippen LogP contribution in [0.1, 0.15) is 25.2 Å². The van der Waals surface area contributed by atoms with Gasteiger partial charge in [0, 0.05) is 6.21 Å². The van der Waals surface area contributed by atoms with Crippen LogP contribution in [0, 0.1) is 12.3 Å². The smallest absolute Gasteiger partial charge is 0.116 e. The summed E-state index contributed by atoms with van der Waals surface area (Å²) in [5, 5.41) is 6.89. The Morgan fingerprint density at radius 3 is 2.42 bits per heavy atom. The maximum atomic E-state index is 6.89. The van der Waals surface area contributed by atoms with Gasteiger partial charge in [0.25, 0.3) is 0 Å². The molecule has 0 bridgehead atoms. The van der Waals surface area contributed by atoms with Gasteiger partial charge < -0.3 is 11.1 Å². The van der Waals surface area contributed by atoms with E-state index in [1.54, 1.807) is 6.92 Å². The summed E-state index contributed by atoms with van der Waals surface area (Å²) in [5.74, 6) is 0. The monoisotopic (exact) mass is 166 g/mol. The molecule has 0 radical (unpaired) electrons. The van der Waals surface area contributed by atoms with E-state index in [1.807, 2.05) is 13.8 Å². The number of hydrogen-bond acceptors (Lipinski definition) is 4. The second-order valence-corrected chi connectivity index (χ2v) is 1.90. The number of aryl methyl sites for hydroxylation is 1. The van der Waals surface area contributed by atoms with Crippen molar-refractivity contribution in [2.75, 3.05) is 5.73 Å². The molecule has 66 valence electrons. The summed E-state index contributed by atoms with van der Waals surface area (Å²) >= 11 is 0. The predicted molar refractivity (Wildman–Crippen MR) is 50.4 cm³/mol. The van der Waals surface area contributed by atoms with Gasteiger partial charge in [-0.15, -0.1) is 0 Å². The first kappa shape index (κ1) is 10.6. The highest BCUT2D eigenvalue weighted by Crippen LogP contribution is 2.07. The van der Waals surface area contributed by atoms with Gasteiger partial charge in [0.05, 0.1) is 11.4 Å². The molecule has 1 rings (SSSR count). The summed E-state index contributed by atoms with van der Waals surface area (Å²) in [5.41, 5.74) is 7.20. The normalized spacial score (nSPS) is 8.25. The topological polar surface area (TPSA) is 75.7 Å². The molecule has 0 atom stereocenters. The van der Waals surface area contributed by atoms with E-state index in [9.17, 15) is 0 Å². The molecule has 0 aliphatic carbocycles. The highest BCUT2D eigenvalue weighted by molar-refractivity contribution is 5.82. The van der Waals surface area contributed by atoms with Crippen LogP contribution in [0.25, 0.3) is 0 Å². The van der Waals surface area contributed by atoms with Gasteiger partial charge in [-0.2, -0.15) is 0 Å². The van der Waals surface area contributed by atoms with E-state index in [0.717, 1.165) is 6.21 Å². The van der Waals surface area contributed by atoms with Crippen LogP contribution in [0.2, 0.25) is 0 Å². The highest BCUT2D eigenvalue weighted by Gasteiger charge is 1.98. The first-order chi connectivity index (χ1) is 5.75. The standard InChI is InChI=1S/C6H8N4.C2H6/c1-4-6(8)5(2-7)10-3-9-4;1-2/h2-3,7H,8H2,1H3;1-2H3. The molecular formula is C8H14N4. The average molecular weight is 166 g/mol. The van der Waals surface area contributed by atoms with Crippen molar-refractivity contribution in [1.29, 1.82) is 5.41 Å². The van der Waals surface area contributed by atoms with E-state index in [4.69, 9.17) is 11.1 Å². The lowest BCUT2D eigenvalue weighted by atomic mass is 10.3. The van der Waals surface area contributed by atoms with Gasteiger partial charge >= 0.3 is 0 Å². The lowest BCUT2D eigenvalue weighted by molar-refractivity contribution is 1.10. The Hall–Kier alpha value is -1.45. The van der Waals surface area contributed by atoms with Crippen molar-refractivity contribution in [2.24, 2.45) is 0 Å². The molecule has 0 aliphatic rings. The van der Waals surface area contributed by atoms with Gasteiger partial charge in [0.1, 0.15) is 12.0 Å². The summed E-state index contributed by atoms with van der Waals surface area (Å²) in [7, 11) is 0. The lowest BCUT2D eigenvalue weighted by Crippen LogP contribution is -2.00. The number of anilines is 1. The molecule has 4 heteroatoms. The van der Waals surface area contributed by atoms with Crippen LogP contribution in [-0.2, 0) is 0 Å². The van der Waals surface area contributed by atoms with Crippen molar-refractivity contribution < 1.29 is 0 Å². The number of nitrogen functional groups attached to an aromatic ring is 1. The first-order valence-corrected chi connectivity index (χ1v) is 3.83. The Kier molecular flexibility index (Phi) is 4.60. The van der Waals surface area contributed by atoms with Gasteiger partial charge in [-0.3, -0.25) is 0 Å². The maximum absolute atomic E-state index is 6.89. The van der Waals surface area contributed by atoms with Crippen LogP contribution < -0.4 is 5.73 Å². The van der Waals surface area contributed by atoms with E-state index in [-0.39, 0.29) is 0 Å². The Balaban J connectivity index is 0.000000561. The Bertz CT molecular complexity index is 257. The molecule has 1 aromatic rings. The third-order valence-corrected chi connectivity index (χ3v) is 1.25. The van der Waals surface area contributed by atoms with Gasteiger partial charge in [-0.05, 0) is 6.92 Å². The largest absolute Gasteiger partial charge is 0.395 e. The third kappa shape index (κ3) is 2.30. The fourth-order valence-electron chi connectivity index (χ4n) is 0.617. The van der Waals surface area contributed by atoms with Crippen LogP contribution in [-0.4, -0.2) is 16.2 Å². The summed E-state index contributed by atoms with van der Waals surface area (Å²) in [6, 6.07) is 0. The molecule has 3 N–H and O–H groups in total. The van der Waals surface area contributed by atoms with Gasteiger partial charge in [0.15, 0.2) is 0 Å². The number of nitrogens with one attached hydrogen (secondary N) is 1. The van der Waals surface area contributed by atoms with Crippen molar-refractivity contribution in [1.82, 2.24) is 9.97 Å². The zero-order chi connectivity index (χ0) is 9.56. The molecule has 0 saturated carbocycles. The van der Waals surface area contributed by atoms with Gasteiger partial charge in [-0.1, -0.05) is 13.8 Å². The summed E-state index contributed by atoms with van der Waals surface area (Å²) in [6.45, 7) is 5.78. The molecular weight excluding hydrogens is 152 g/mol. The minimum atomic E-state index is 0.479. The number of nitrogens with zero attached hydrogens (tertiary/aromatic N) is 2. The molecule has 0 fully saturated rings. The zero-order valence-electron chi connectivity index (χ0n) is 7.63. The van der Waals surface area contributed by atoms with E-state index in [1.165, 1.54) is 6.33 Å². The highest BCUT2D eigenvalue weighted by atomic mass is 14.9. The SMILES string of the molecule is CC.Cc1ncnc(C=N)c1N. The number of nitrogens with two attached hydrogens (primary N) is 1. The summed E-state index contributed by atoms with van der Waals surface area (Å²) in [4.78, 5) is 7.63. The molecule has 4 nitrogen and oxygen atoms in total. The molecule has 0 spiro atoms. The van der Waals surface area contributed by atoms with Crippen LogP contribution in [0.3, 0.4) is 0 Å². The first-order valence-electron chi connectivity index (χ1n) is 3.83. The van der Waals surface area contributed by atoms with Crippen molar-refractivity contribution in [3.8, 4) is 0 Å². The number of rotatable bonds is 1. The van der Waals surface area contributed by atoms with Crippen LogP contribution in [0.4, 0.5) is 5.69 Å². The molecule has 0 saturated heterocycles. The van der Waals surface area contributed by atoms with E-state index < -0.39 is 0 Å².